The zero-order valence-corrected chi connectivity index (χ0v) is 14.2. The number of aromatic nitrogens is 2. The smallest absolute Gasteiger partial charge is 0.173 e. The van der Waals surface area contributed by atoms with E-state index in [0.717, 1.165) is 5.56 Å². The SMILES string of the molecule is O=C(CSc1ncc(CO)n1Cc1ccc(F)cc1)c1ccccc1. The molecule has 0 aliphatic heterocycles. The number of nitrogens with zero attached hydrogens (tertiary/aromatic N) is 2. The van der Waals surface area contributed by atoms with Crippen LogP contribution in [0.25, 0.3) is 0 Å². The zero-order valence-electron chi connectivity index (χ0n) is 13.4. The average Bonchev–Trinajstić information content (AvgIpc) is 3.04. The maximum atomic E-state index is 13.1. The zero-order chi connectivity index (χ0) is 17.6. The van der Waals surface area contributed by atoms with E-state index in [4.69, 9.17) is 0 Å². The molecule has 128 valence electrons. The summed E-state index contributed by atoms with van der Waals surface area (Å²) in [5.74, 6) is -0.0118. The molecule has 0 aliphatic carbocycles. The van der Waals surface area contributed by atoms with Crippen LogP contribution in [0.3, 0.4) is 0 Å². The second-order valence-corrected chi connectivity index (χ2v) is 6.42. The van der Waals surface area contributed by atoms with E-state index in [1.807, 2.05) is 22.8 Å². The van der Waals surface area contributed by atoms with E-state index >= 15 is 0 Å². The number of aliphatic hydroxyl groups is 1. The molecule has 0 saturated heterocycles. The van der Waals surface area contributed by atoms with Crippen LogP contribution in [0.1, 0.15) is 21.6 Å². The molecule has 0 atom stereocenters. The van der Waals surface area contributed by atoms with Gasteiger partial charge in [0, 0.05) is 12.1 Å². The Balaban J connectivity index is 1.74. The standard InChI is InChI=1S/C19H17FN2O2S/c20-16-8-6-14(7-9-16)11-22-17(12-23)10-21-19(22)25-13-18(24)15-4-2-1-3-5-15/h1-10,23H,11-13H2. The minimum Gasteiger partial charge on any atom is -0.390 e. The Kier molecular flexibility index (Phi) is 5.63. The van der Waals surface area contributed by atoms with Crippen molar-refractivity contribution in [3.8, 4) is 0 Å². The Hall–Kier alpha value is -2.44. The summed E-state index contributed by atoms with van der Waals surface area (Å²) in [6.45, 7) is 0.305. The van der Waals surface area contributed by atoms with Crippen LogP contribution < -0.4 is 0 Å². The normalized spacial score (nSPS) is 10.8. The third-order valence-corrected chi connectivity index (χ3v) is 4.74. The number of Topliss-reactive ketones (excluding diaryl/α,β-unsaturated/α-hetero) is 1. The number of ketones is 1. The van der Waals surface area contributed by atoms with Crippen molar-refractivity contribution in [2.75, 3.05) is 5.75 Å². The number of aliphatic hydroxyl groups excluding tert-OH is 1. The summed E-state index contributed by atoms with van der Waals surface area (Å²) in [5, 5.41) is 10.2. The fourth-order valence-electron chi connectivity index (χ4n) is 2.41. The molecule has 0 amide bonds. The monoisotopic (exact) mass is 356 g/mol. The van der Waals surface area contributed by atoms with Crippen LogP contribution in [0.5, 0.6) is 0 Å². The highest BCUT2D eigenvalue weighted by molar-refractivity contribution is 7.99. The molecule has 2 aromatic carbocycles. The van der Waals surface area contributed by atoms with Gasteiger partial charge in [-0.25, -0.2) is 9.37 Å². The van der Waals surface area contributed by atoms with Crippen molar-refractivity contribution >= 4 is 17.5 Å². The molecule has 1 N–H and O–H groups in total. The fourth-order valence-corrected chi connectivity index (χ4v) is 3.30. The van der Waals surface area contributed by atoms with E-state index in [1.165, 1.54) is 23.9 Å². The molecule has 3 rings (SSSR count). The van der Waals surface area contributed by atoms with Gasteiger partial charge >= 0.3 is 0 Å². The maximum absolute atomic E-state index is 13.1. The molecular weight excluding hydrogens is 339 g/mol. The number of hydrogen-bond acceptors (Lipinski definition) is 4. The molecule has 6 heteroatoms. The molecule has 0 bridgehead atoms. The predicted molar refractivity (Wildman–Crippen MR) is 95.1 cm³/mol. The molecule has 1 aromatic heterocycles. The molecule has 1 heterocycles. The Morgan fingerprint density at radius 1 is 1.12 bits per heavy atom. The molecule has 0 aliphatic rings. The number of imidazole rings is 1. The van der Waals surface area contributed by atoms with Gasteiger partial charge in [-0.05, 0) is 17.7 Å². The Morgan fingerprint density at radius 2 is 1.84 bits per heavy atom. The molecule has 0 saturated carbocycles. The predicted octanol–water partition coefficient (Wildman–Crippen LogP) is 3.54. The lowest BCUT2D eigenvalue weighted by molar-refractivity contribution is 0.102. The van der Waals surface area contributed by atoms with Gasteiger partial charge in [-0.3, -0.25) is 4.79 Å². The van der Waals surface area contributed by atoms with Crippen LogP contribution in [0.4, 0.5) is 4.39 Å². The number of carbonyl (C=O) groups is 1. The molecule has 25 heavy (non-hydrogen) atoms. The largest absolute Gasteiger partial charge is 0.390 e. The van der Waals surface area contributed by atoms with Crippen molar-refractivity contribution in [1.29, 1.82) is 0 Å². The molecular formula is C19H17FN2O2S. The van der Waals surface area contributed by atoms with Gasteiger partial charge in [-0.1, -0.05) is 54.2 Å². The van der Waals surface area contributed by atoms with Gasteiger partial charge < -0.3 is 9.67 Å². The van der Waals surface area contributed by atoms with Crippen molar-refractivity contribution in [3.63, 3.8) is 0 Å². The topological polar surface area (TPSA) is 55.1 Å². The highest BCUT2D eigenvalue weighted by atomic mass is 32.2. The number of carbonyl (C=O) groups excluding carboxylic acids is 1. The van der Waals surface area contributed by atoms with Crippen LogP contribution in [0, 0.1) is 5.82 Å². The minimum atomic E-state index is -0.292. The van der Waals surface area contributed by atoms with E-state index in [1.54, 1.807) is 30.5 Å². The van der Waals surface area contributed by atoms with E-state index in [-0.39, 0.29) is 24.0 Å². The molecule has 0 fully saturated rings. The summed E-state index contributed by atoms with van der Waals surface area (Å²) in [6, 6.07) is 15.3. The Bertz CT molecular complexity index is 848. The van der Waals surface area contributed by atoms with Crippen molar-refractivity contribution in [3.05, 3.63) is 83.4 Å². The van der Waals surface area contributed by atoms with E-state index in [9.17, 15) is 14.3 Å². The van der Waals surface area contributed by atoms with Gasteiger partial charge in [0.15, 0.2) is 10.9 Å². The van der Waals surface area contributed by atoms with Crippen LogP contribution in [0.2, 0.25) is 0 Å². The van der Waals surface area contributed by atoms with Gasteiger partial charge in [-0.15, -0.1) is 0 Å². The van der Waals surface area contributed by atoms with Gasteiger partial charge in [-0.2, -0.15) is 0 Å². The van der Waals surface area contributed by atoms with Crippen molar-refractivity contribution in [1.82, 2.24) is 9.55 Å². The number of benzene rings is 2. The van der Waals surface area contributed by atoms with E-state index in [2.05, 4.69) is 4.98 Å². The number of thioether (sulfide) groups is 1. The lowest BCUT2D eigenvalue weighted by Gasteiger charge is -2.11. The van der Waals surface area contributed by atoms with Gasteiger partial charge in [0.25, 0.3) is 0 Å². The van der Waals surface area contributed by atoms with Gasteiger partial charge in [0.2, 0.25) is 0 Å². The van der Waals surface area contributed by atoms with Crippen LogP contribution in [-0.4, -0.2) is 26.2 Å². The highest BCUT2D eigenvalue weighted by Gasteiger charge is 2.13. The first-order valence-electron chi connectivity index (χ1n) is 7.78. The van der Waals surface area contributed by atoms with Gasteiger partial charge in [0.05, 0.1) is 24.3 Å². The van der Waals surface area contributed by atoms with Crippen molar-refractivity contribution < 1.29 is 14.3 Å². The van der Waals surface area contributed by atoms with Crippen molar-refractivity contribution in [2.45, 2.75) is 18.3 Å². The second-order valence-electron chi connectivity index (χ2n) is 5.48. The summed E-state index contributed by atoms with van der Waals surface area (Å²) >= 11 is 1.33. The first-order valence-corrected chi connectivity index (χ1v) is 8.76. The van der Waals surface area contributed by atoms with Crippen LogP contribution in [0.15, 0.2) is 66.0 Å². The van der Waals surface area contributed by atoms with Gasteiger partial charge in [0.1, 0.15) is 5.82 Å². The summed E-state index contributed by atoms with van der Waals surface area (Å²) < 4.78 is 14.9. The second kappa shape index (κ2) is 8.09. The lowest BCUT2D eigenvalue weighted by atomic mass is 10.2. The Morgan fingerprint density at radius 3 is 2.52 bits per heavy atom. The highest BCUT2D eigenvalue weighted by Crippen LogP contribution is 2.21. The number of rotatable bonds is 7. The quantitative estimate of drug-likeness (QED) is 0.520. The molecule has 0 unspecified atom stereocenters. The van der Waals surface area contributed by atoms with E-state index in [0.29, 0.717) is 23.0 Å². The summed E-state index contributed by atoms with van der Waals surface area (Å²) in [6.07, 6.45) is 1.60. The molecule has 3 aromatic rings. The first kappa shape index (κ1) is 17.4. The fraction of sp³-hybridized carbons (Fsp3) is 0.158. The third-order valence-electron chi connectivity index (χ3n) is 3.75. The molecule has 0 spiro atoms. The molecule has 4 nitrogen and oxygen atoms in total. The number of halogens is 1. The van der Waals surface area contributed by atoms with Crippen molar-refractivity contribution in [2.24, 2.45) is 0 Å². The summed E-state index contributed by atoms with van der Waals surface area (Å²) in [7, 11) is 0. The minimum absolute atomic E-state index is 0.0208. The summed E-state index contributed by atoms with van der Waals surface area (Å²) in [4.78, 5) is 16.6. The lowest BCUT2D eigenvalue weighted by Crippen LogP contribution is -2.08. The average molecular weight is 356 g/mol. The van der Waals surface area contributed by atoms with E-state index < -0.39 is 0 Å². The molecule has 0 radical (unpaired) electrons. The van der Waals surface area contributed by atoms with Crippen LogP contribution in [-0.2, 0) is 13.2 Å². The van der Waals surface area contributed by atoms with Crippen LogP contribution >= 0.6 is 11.8 Å². The maximum Gasteiger partial charge on any atom is 0.173 e. The summed E-state index contributed by atoms with van der Waals surface area (Å²) in [5.41, 5.74) is 2.21. The third kappa shape index (κ3) is 4.35. The Labute approximate surface area is 149 Å². The first-order chi connectivity index (χ1) is 12.2. The number of hydrogen-bond donors (Lipinski definition) is 1.